The van der Waals surface area contributed by atoms with E-state index in [2.05, 4.69) is 26.1 Å². The zero-order valence-corrected chi connectivity index (χ0v) is 22.0. The van der Waals surface area contributed by atoms with Crippen LogP contribution in [0.4, 0.5) is 10.1 Å². The summed E-state index contributed by atoms with van der Waals surface area (Å²) in [5.74, 6) is -1.52. The number of carbonyl (C=O) groups is 2. The summed E-state index contributed by atoms with van der Waals surface area (Å²) in [5.41, 5.74) is 2.60. The molecule has 3 aromatic carbocycles. The molecule has 1 fully saturated rings. The van der Waals surface area contributed by atoms with E-state index in [1.807, 2.05) is 24.3 Å². The van der Waals surface area contributed by atoms with E-state index in [9.17, 15) is 22.4 Å². The average molecular weight is 523 g/mol. The fourth-order valence-corrected chi connectivity index (χ4v) is 5.92. The SMILES string of the molecule is CC(C)(C)c1ccc(C(=O)c2cccc(NC(=O)[C@@H]3CCCN(S(=O)(=O)c4ccc(F)cc4)C3)c2)cc1. The van der Waals surface area contributed by atoms with E-state index in [1.165, 1.54) is 16.4 Å². The van der Waals surface area contributed by atoms with Crippen LogP contribution in [0.25, 0.3) is 0 Å². The number of nitrogens with zero attached hydrogens (tertiary/aromatic N) is 1. The zero-order valence-electron chi connectivity index (χ0n) is 21.2. The summed E-state index contributed by atoms with van der Waals surface area (Å²) in [6.07, 6.45) is 1.07. The maximum Gasteiger partial charge on any atom is 0.243 e. The first-order chi connectivity index (χ1) is 17.4. The van der Waals surface area contributed by atoms with Crippen molar-refractivity contribution in [2.24, 2.45) is 5.92 Å². The molecule has 1 atom stereocenters. The third-order valence-electron chi connectivity index (χ3n) is 6.61. The van der Waals surface area contributed by atoms with Gasteiger partial charge >= 0.3 is 0 Å². The largest absolute Gasteiger partial charge is 0.326 e. The predicted octanol–water partition coefficient (Wildman–Crippen LogP) is 5.39. The number of benzene rings is 3. The van der Waals surface area contributed by atoms with Gasteiger partial charge in [-0.1, -0.05) is 57.2 Å². The summed E-state index contributed by atoms with van der Waals surface area (Å²) >= 11 is 0. The molecule has 4 rings (SSSR count). The lowest BCUT2D eigenvalue weighted by Gasteiger charge is -2.31. The van der Waals surface area contributed by atoms with E-state index in [1.54, 1.807) is 24.3 Å². The van der Waals surface area contributed by atoms with Gasteiger partial charge in [0.1, 0.15) is 5.82 Å². The fraction of sp³-hybridized carbons (Fsp3) is 0.310. The van der Waals surface area contributed by atoms with Crippen LogP contribution < -0.4 is 5.32 Å². The minimum absolute atomic E-state index is 0.00305. The van der Waals surface area contributed by atoms with Crippen LogP contribution in [0, 0.1) is 11.7 Å². The Balaban J connectivity index is 1.44. The zero-order chi connectivity index (χ0) is 26.8. The maximum absolute atomic E-state index is 13.2. The molecule has 194 valence electrons. The summed E-state index contributed by atoms with van der Waals surface area (Å²) < 4.78 is 40.5. The van der Waals surface area contributed by atoms with E-state index >= 15 is 0 Å². The topological polar surface area (TPSA) is 83.6 Å². The lowest BCUT2D eigenvalue weighted by molar-refractivity contribution is -0.120. The van der Waals surface area contributed by atoms with Crippen molar-refractivity contribution in [1.82, 2.24) is 4.31 Å². The highest BCUT2D eigenvalue weighted by molar-refractivity contribution is 7.89. The van der Waals surface area contributed by atoms with Crippen molar-refractivity contribution in [2.75, 3.05) is 18.4 Å². The Morgan fingerprint density at radius 2 is 1.62 bits per heavy atom. The van der Waals surface area contributed by atoms with Gasteiger partial charge in [0.25, 0.3) is 0 Å². The number of hydrogen-bond acceptors (Lipinski definition) is 4. The smallest absolute Gasteiger partial charge is 0.243 e. The van der Waals surface area contributed by atoms with E-state index in [4.69, 9.17) is 0 Å². The molecule has 0 saturated carbocycles. The molecule has 8 heteroatoms. The van der Waals surface area contributed by atoms with Crippen LogP contribution >= 0.6 is 0 Å². The molecule has 0 unspecified atom stereocenters. The summed E-state index contributed by atoms with van der Waals surface area (Å²) in [6.45, 7) is 6.66. The molecule has 3 aromatic rings. The van der Waals surface area contributed by atoms with Crippen LogP contribution in [0.15, 0.2) is 77.7 Å². The second-order valence-corrected chi connectivity index (χ2v) is 12.3. The van der Waals surface area contributed by atoms with Gasteiger partial charge < -0.3 is 5.32 Å². The molecule has 37 heavy (non-hydrogen) atoms. The molecular weight excluding hydrogens is 491 g/mol. The Morgan fingerprint density at radius 3 is 2.27 bits per heavy atom. The van der Waals surface area contributed by atoms with Gasteiger partial charge in [-0.3, -0.25) is 9.59 Å². The van der Waals surface area contributed by atoms with E-state index in [0.29, 0.717) is 36.2 Å². The van der Waals surface area contributed by atoms with Crippen molar-refractivity contribution in [2.45, 2.75) is 43.9 Å². The van der Waals surface area contributed by atoms with Crippen molar-refractivity contribution in [3.8, 4) is 0 Å². The number of nitrogens with one attached hydrogen (secondary N) is 1. The highest BCUT2D eigenvalue weighted by Crippen LogP contribution is 2.26. The minimum atomic E-state index is -3.84. The van der Waals surface area contributed by atoms with Crippen LogP contribution in [0.2, 0.25) is 0 Å². The molecular formula is C29H31FN2O4S. The van der Waals surface area contributed by atoms with Crippen molar-refractivity contribution < 1.29 is 22.4 Å². The highest BCUT2D eigenvalue weighted by atomic mass is 32.2. The number of hydrogen-bond donors (Lipinski definition) is 1. The predicted molar refractivity (Wildman–Crippen MR) is 142 cm³/mol. The average Bonchev–Trinajstić information content (AvgIpc) is 2.88. The number of halogens is 1. The summed E-state index contributed by atoms with van der Waals surface area (Å²) in [6, 6.07) is 18.9. The molecule has 1 N–H and O–H groups in total. The number of piperidine rings is 1. The Kier molecular flexibility index (Phi) is 7.62. The summed E-state index contributed by atoms with van der Waals surface area (Å²) in [5, 5.41) is 2.84. The number of sulfonamides is 1. The molecule has 1 aliphatic rings. The first-order valence-corrected chi connectivity index (χ1v) is 13.7. The standard InChI is InChI=1S/C29H31FN2O4S/c1-29(2,3)23-11-9-20(10-12-23)27(33)21-6-4-8-25(18-21)31-28(34)22-7-5-17-32(19-22)37(35,36)26-15-13-24(30)14-16-26/h4,6,8-16,18,22H,5,7,17,19H2,1-3H3,(H,31,34)/t22-/m1/s1. The van der Waals surface area contributed by atoms with Crippen molar-refractivity contribution in [3.05, 3.63) is 95.3 Å². The van der Waals surface area contributed by atoms with Crippen molar-refractivity contribution >= 4 is 27.4 Å². The first kappa shape index (κ1) is 26.7. The summed E-state index contributed by atoms with van der Waals surface area (Å²) in [4.78, 5) is 26.1. The third kappa shape index (κ3) is 6.14. The first-order valence-electron chi connectivity index (χ1n) is 12.3. The van der Waals surface area contributed by atoms with E-state index in [0.717, 1.165) is 17.7 Å². The molecule has 1 heterocycles. The van der Waals surface area contributed by atoms with Crippen molar-refractivity contribution in [1.29, 1.82) is 0 Å². The van der Waals surface area contributed by atoms with Gasteiger partial charge in [-0.2, -0.15) is 4.31 Å². The molecule has 1 saturated heterocycles. The number of amides is 1. The maximum atomic E-state index is 13.2. The monoisotopic (exact) mass is 522 g/mol. The number of ketones is 1. The molecule has 0 aromatic heterocycles. The van der Waals surface area contributed by atoms with E-state index < -0.39 is 21.8 Å². The number of carbonyl (C=O) groups excluding carboxylic acids is 2. The fourth-order valence-electron chi connectivity index (χ4n) is 4.40. The van der Waals surface area contributed by atoms with Gasteiger partial charge in [0.15, 0.2) is 5.78 Å². The Labute approximate surface area is 217 Å². The molecule has 0 bridgehead atoms. The van der Waals surface area contributed by atoms with Crippen LogP contribution in [-0.4, -0.2) is 37.5 Å². The molecule has 0 spiro atoms. The lowest BCUT2D eigenvalue weighted by Crippen LogP contribution is -2.43. The Hall–Kier alpha value is -3.36. The second-order valence-electron chi connectivity index (χ2n) is 10.4. The van der Waals surface area contributed by atoms with Crippen LogP contribution in [0.1, 0.15) is 55.1 Å². The van der Waals surface area contributed by atoms with Gasteiger partial charge in [-0.25, -0.2) is 12.8 Å². The molecule has 0 radical (unpaired) electrons. The van der Waals surface area contributed by atoms with Gasteiger partial charge in [-0.05, 0) is 60.2 Å². The van der Waals surface area contributed by atoms with Crippen LogP contribution in [0.5, 0.6) is 0 Å². The molecule has 6 nitrogen and oxygen atoms in total. The van der Waals surface area contributed by atoms with Gasteiger partial charge in [0.2, 0.25) is 15.9 Å². The normalized spacial score (nSPS) is 16.8. The second kappa shape index (κ2) is 10.6. The Morgan fingerprint density at radius 1 is 0.946 bits per heavy atom. The van der Waals surface area contributed by atoms with Crippen LogP contribution in [0.3, 0.4) is 0 Å². The van der Waals surface area contributed by atoms with Crippen molar-refractivity contribution in [3.63, 3.8) is 0 Å². The number of rotatable bonds is 6. The van der Waals surface area contributed by atoms with Gasteiger partial charge in [0, 0.05) is 29.9 Å². The molecule has 1 aliphatic heterocycles. The third-order valence-corrected chi connectivity index (χ3v) is 8.49. The Bertz CT molecular complexity index is 1400. The quantitative estimate of drug-likeness (QED) is 0.440. The van der Waals surface area contributed by atoms with Gasteiger partial charge in [-0.15, -0.1) is 0 Å². The molecule has 1 amide bonds. The van der Waals surface area contributed by atoms with Crippen LogP contribution in [-0.2, 0) is 20.2 Å². The van der Waals surface area contributed by atoms with Gasteiger partial charge in [0.05, 0.1) is 10.8 Å². The number of anilines is 1. The van der Waals surface area contributed by atoms with E-state index in [-0.39, 0.29) is 28.5 Å². The lowest BCUT2D eigenvalue weighted by atomic mass is 9.86. The minimum Gasteiger partial charge on any atom is -0.326 e. The molecule has 0 aliphatic carbocycles. The highest BCUT2D eigenvalue weighted by Gasteiger charge is 2.33. The summed E-state index contributed by atoms with van der Waals surface area (Å²) in [7, 11) is -3.84.